The number of hydrogen-bond donors (Lipinski definition) is 2. The van der Waals surface area contributed by atoms with Gasteiger partial charge in [-0.25, -0.2) is 8.78 Å². The van der Waals surface area contributed by atoms with Gasteiger partial charge in [0.05, 0.1) is 6.04 Å². The van der Waals surface area contributed by atoms with E-state index in [0.29, 0.717) is 5.56 Å². The molecule has 2 N–H and O–H groups in total. The fraction of sp³-hybridized carbons (Fsp3) is 0.385. The second-order valence-electron chi connectivity index (χ2n) is 4.33. The average molecular weight is 270 g/mol. The van der Waals surface area contributed by atoms with Gasteiger partial charge in [-0.1, -0.05) is 6.07 Å². The summed E-state index contributed by atoms with van der Waals surface area (Å²) in [6, 6.07) is 2.25. The van der Waals surface area contributed by atoms with Crippen LogP contribution in [0.25, 0.3) is 0 Å². The largest absolute Gasteiger partial charge is 0.348 e. The van der Waals surface area contributed by atoms with Gasteiger partial charge in [0, 0.05) is 6.92 Å². The lowest BCUT2D eigenvalue weighted by Gasteiger charge is -2.18. The Morgan fingerprint density at radius 3 is 2.26 bits per heavy atom. The highest BCUT2D eigenvalue weighted by Crippen LogP contribution is 2.15. The van der Waals surface area contributed by atoms with Gasteiger partial charge in [-0.2, -0.15) is 0 Å². The fourth-order valence-corrected chi connectivity index (χ4v) is 1.57. The van der Waals surface area contributed by atoms with Crippen LogP contribution in [-0.4, -0.2) is 17.9 Å². The lowest BCUT2D eigenvalue weighted by molar-refractivity contribution is -0.128. The molecular formula is C13H16F2N2O2. The van der Waals surface area contributed by atoms with Crippen molar-refractivity contribution in [3.05, 3.63) is 35.4 Å². The summed E-state index contributed by atoms with van der Waals surface area (Å²) in [6.45, 7) is 4.49. The Kier molecular flexibility index (Phi) is 4.97. The van der Waals surface area contributed by atoms with Crippen molar-refractivity contribution >= 4 is 11.8 Å². The van der Waals surface area contributed by atoms with Crippen LogP contribution in [0.1, 0.15) is 32.4 Å². The Balaban J connectivity index is 2.68. The minimum absolute atomic E-state index is 0.317. The number of carbonyl (C=O) groups excluding carboxylic acids is 2. The molecule has 0 spiro atoms. The molecule has 104 valence electrons. The number of carbonyl (C=O) groups is 2. The van der Waals surface area contributed by atoms with Gasteiger partial charge in [0.2, 0.25) is 11.8 Å². The average Bonchev–Trinajstić information content (AvgIpc) is 2.31. The molecule has 6 heteroatoms. The van der Waals surface area contributed by atoms with Gasteiger partial charge in [0.1, 0.15) is 6.04 Å². The van der Waals surface area contributed by atoms with Crippen molar-refractivity contribution in [2.45, 2.75) is 32.9 Å². The van der Waals surface area contributed by atoms with Gasteiger partial charge in [-0.05, 0) is 31.5 Å². The van der Waals surface area contributed by atoms with Crippen LogP contribution in [0, 0.1) is 11.6 Å². The van der Waals surface area contributed by atoms with Crippen molar-refractivity contribution in [1.29, 1.82) is 0 Å². The summed E-state index contributed by atoms with van der Waals surface area (Å²) in [6.07, 6.45) is 0. The van der Waals surface area contributed by atoms with Crippen LogP contribution >= 0.6 is 0 Å². The molecule has 0 aliphatic rings. The van der Waals surface area contributed by atoms with E-state index in [1.165, 1.54) is 19.9 Å². The van der Waals surface area contributed by atoms with Crippen LogP contribution < -0.4 is 10.6 Å². The van der Waals surface area contributed by atoms with E-state index in [2.05, 4.69) is 10.6 Å². The lowest BCUT2D eigenvalue weighted by atomic mass is 10.1. The van der Waals surface area contributed by atoms with Crippen molar-refractivity contribution in [1.82, 2.24) is 10.6 Å². The highest BCUT2D eigenvalue weighted by atomic mass is 19.2. The number of benzene rings is 1. The van der Waals surface area contributed by atoms with Crippen LogP contribution in [0.15, 0.2) is 18.2 Å². The Morgan fingerprint density at radius 2 is 1.74 bits per heavy atom. The van der Waals surface area contributed by atoms with Gasteiger partial charge < -0.3 is 10.6 Å². The summed E-state index contributed by atoms with van der Waals surface area (Å²) in [5, 5.41) is 5.04. The summed E-state index contributed by atoms with van der Waals surface area (Å²) in [4.78, 5) is 22.5. The quantitative estimate of drug-likeness (QED) is 0.874. The van der Waals surface area contributed by atoms with Gasteiger partial charge in [0.25, 0.3) is 0 Å². The minimum atomic E-state index is -0.964. The van der Waals surface area contributed by atoms with Crippen molar-refractivity contribution in [2.24, 2.45) is 0 Å². The zero-order valence-electron chi connectivity index (χ0n) is 11.0. The van der Waals surface area contributed by atoms with Gasteiger partial charge in [0.15, 0.2) is 11.6 Å². The van der Waals surface area contributed by atoms with E-state index in [9.17, 15) is 18.4 Å². The van der Waals surface area contributed by atoms with Crippen LogP contribution in [0.3, 0.4) is 0 Å². The number of hydrogen-bond acceptors (Lipinski definition) is 2. The predicted molar refractivity (Wildman–Crippen MR) is 66.2 cm³/mol. The summed E-state index contributed by atoms with van der Waals surface area (Å²) in [5.41, 5.74) is 0.447. The van der Waals surface area contributed by atoms with Gasteiger partial charge >= 0.3 is 0 Å². The molecule has 0 fully saturated rings. The zero-order chi connectivity index (χ0) is 14.6. The van der Waals surface area contributed by atoms with Gasteiger partial charge in [-0.3, -0.25) is 9.59 Å². The first-order valence-electron chi connectivity index (χ1n) is 5.83. The third-order valence-electron chi connectivity index (χ3n) is 2.62. The Bertz CT molecular complexity index is 492. The summed E-state index contributed by atoms with van der Waals surface area (Å²) < 4.78 is 25.8. The van der Waals surface area contributed by atoms with Crippen molar-refractivity contribution in [2.75, 3.05) is 0 Å². The molecule has 0 bridgehead atoms. The maximum absolute atomic E-state index is 13.1. The summed E-state index contributed by atoms with van der Waals surface area (Å²) in [5.74, 6) is -2.61. The Morgan fingerprint density at radius 1 is 1.11 bits per heavy atom. The molecule has 0 radical (unpaired) electrons. The molecule has 19 heavy (non-hydrogen) atoms. The summed E-state index contributed by atoms with van der Waals surface area (Å²) in [7, 11) is 0. The van der Waals surface area contributed by atoms with Crippen molar-refractivity contribution < 1.29 is 18.4 Å². The number of nitrogens with one attached hydrogen (secondary N) is 2. The lowest BCUT2D eigenvalue weighted by Crippen LogP contribution is -2.44. The molecular weight excluding hydrogens is 254 g/mol. The SMILES string of the molecule is CC(=O)NC(C)C(=O)NC(C)c1ccc(F)c(F)c1. The highest BCUT2D eigenvalue weighted by molar-refractivity contribution is 5.86. The second-order valence-corrected chi connectivity index (χ2v) is 4.33. The maximum atomic E-state index is 13.1. The zero-order valence-corrected chi connectivity index (χ0v) is 11.0. The van der Waals surface area contributed by atoms with E-state index in [1.54, 1.807) is 6.92 Å². The van der Waals surface area contributed by atoms with E-state index in [0.717, 1.165) is 12.1 Å². The highest BCUT2D eigenvalue weighted by Gasteiger charge is 2.17. The molecule has 0 heterocycles. The van der Waals surface area contributed by atoms with Crippen LogP contribution in [0.5, 0.6) is 0 Å². The number of rotatable bonds is 4. The Hall–Kier alpha value is -1.98. The Labute approximate surface area is 110 Å². The molecule has 0 aromatic heterocycles. The van der Waals surface area contributed by atoms with E-state index in [1.807, 2.05) is 0 Å². The molecule has 2 atom stereocenters. The monoisotopic (exact) mass is 270 g/mol. The maximum Gasteiger partial charge on any atom is 0.242 e. The van der Waals surface area contributed by atoms with Crippen LogP contribution in [0.2, 0.25) is 0 Å². The smallest absolute Gasteiger partial charge is 0.242 e. The van der Waals surface area contributed by atoms with Crippen LogP contribution in [-0.2, 0) is 9.59 Å². The summed E-state index contributed by atoms with van der Waals surface area (Å²) >= 11 is 0. The third kappa shape index (κ3) is 4.31. The number of halogens is 2. The van der Waals surface area contributed by atoms with Crippen molar-refractivity contribution in [3.63, 3.8) is 0 Å². The first-order chi connectivity index (χ1) is 8.81. The molecule has 1 rings (SSSR count). The topological polar surface area (TPSA) is 58.2 Å². The standard InChI is InChI=1S/C13H16F2N2O2/c1-7(10-4-5-11(14)12(15)6-10)17-13(19)8(2)16-9(3)18/h4-8H,1-3H3,(H,16,18)(H,17,19). The molecule has 0 aliphatic carbocycles. The fourth-order valence-electron chi connectivity index (χ4n) is 1.57. The molecule has 0 saturated heterocycles. The first kappa shape index (κ1) is 15.1. The van der Waals surface area contributed by atoms with Crippen molar-refractivity contribution in [3.8, 4) is 0 Å². The molecule has 1 aromatic rings. The molecule has 2 unspecified atom stereocenters. The second kappa shape index (κ2) is 6.26. The van der Waals surface area contributed by atoms with E-state index in [4.69, 9.17) is 0 Å². The number of amides is 2. The van der Waals surface area contributed by atoms with E-state index < -0.39 is 29.6 Å². The third-order valence-corrected chi connectivity index (χ3v) is 2.62. The minimum Gasteiger partial charge on any atom is -0.348 e. The normalized spacial score (nSPS) is 13.5. The first-order valence-corrected chi connectivity index (χ1v) is 5.83. The van der Waals surface area contributed by atoms with E-state index in [-0.39, 0.29) is 5.91 Å². The molecule has 4 nitrogen and oxygen atoms in total. The van der Waals surface area contributed by atoms with Gasteiger partial charge in [-0.15, -0.1) is 0 Å². The van der Waals surface area contributed by atoms with Crippen LogP contribution in [0.4, 0.5) is 8.78 Å². The predicted octanol–water partition coefficient (Wildman–Crippen LogP) is 1.67. The molecule has 0 saturated carbocycles. The molecule has 1 aromatic carbocycles. The molecule has 0 aliphatic heterocycles. The van der Waals surface area contributed by atoms with E-state index >= 15 is 0 Å². The molecule has 2 amide bonds.